The van der Waals surface area contributed by atoms with Crippen molar-refractivity contribution in [3.8, 4) is 23.0 Å². The average molecular weight is 355 g/mol. The third-order valence-corrected chi connectivity index (χ3v) is 4.98. The zero-order valence-corrected chi connectivity index (χ0v) is 15.3. The first kappa shape index (κ1) is 17.0. The molecule has 5 heteroatoms. The van der Waals surface area contributed by atoms with E-state index >= 15 is 0 Å². The fourth-order valence-corrected chi connectivity index (χ4v) is 3.45. The first-order valence-electron chi connectivity index (χ1n) is 9.12. The molecule has 1 atom stereocenters. The minimum atomic E-state index is 0.347. The predicted octanol–water partition coefficient (Wildman–Crippen LogP) is 3.72. The van der Waals surface area contributed by atoms with Crippen LogP contribution in [0, 0.1) is 5.92 Å². The van der Waals surface area contributed by atoms with Crippen LogP contribution >= 0.6 is 0 Å². The van der Waals surface area contributed by atoms with Crippen LogP contribution in [0.4, 0.5) is 0 Å². The zero-order chi connectivity index (χ0) is 17.9. The molecule has 0 bridgehead atoms. The summed E-state index contributed by atoms with van der Waals surface area (Å²) >= 11 is 0. The lowest BCUT2D eigenvalue weighted by Crippen LogP contribution is -2.23. The van der Waals surface area contributed by atoms with E-state index in [0.717, 1.165) is 29.4 Å². The zero-order valence-electron chi connectivity index (χ0n) is 15.3. The van der Waals surface area contributed by atoms with Gasteiger partial charge in [0, 0.05) is 12.6 Å². The summed E-state index contributed by atoms with van der Waals surface area (Å²) in [5.41, 5.74) is 2.43. The van der Waals surface area contributed by atoms with Crippen molar-refractivity contribution in [1.29, 1.82) is 0 Å². The molecule has 1 N–H and O–H groups in total. The van der Waals surface area contributed by atoms with E-state index in [9.17, 15) is 0 Å². The average Bonchev–Trinajstić information content (AvgIpc) is 3.53. The maximum atomic E-state index is 5.74. The smallest absolute Gasteiger partial charge is 0.203 e. The van der Waals surface area contributed by atoms with Crippen LogP contribution in [-0.4, -0.2) is 27.4 Å². The minimum Gasteiger partial charge on any atom is -0.497 e. The summed E-state index contributed by atoms with van der Waals surface area (Å²) in [6.45, 7) is 1.88. The van der Waals surface area contributed by atoms with Gasteiger partial charge in [-0.15, -0.1) is 0 Å². The molecule has 2 aromatic carbocycles. The number of hydrogen-bond donors (Lipinski definition) is 1. The largest absolute Gasteiger partial charge is 0.497 e. The Morgan fingerprint density at radius 3 is 2.50 bits per heavy atom. The maximum absolute atomic E-state index is 5.74. The van der Waals surface area contributed by atoms with Crippen molar-refractivity contribution in [2.75, 3.05) is 27.4 Å². The predicted molar refractivity (Wildman–Crippen MR) is 99.3 cm³/mol. The molecule has 0 spiro atoms. The van der Waals surface area contributed by atoms with Gasteiger partial charge < -0.3 is 24.3 Å². The molecular formula is C21H25NO4. The molecule has 5 nitrogen and oxygen atoms in total. The fraction of sp³-hybridized carbons (Fsp3) is 0.429. The van der Waals surface area contributed by atoms with Crippen LogP contribution in [0.25, 0.3) is 0 Å². The molecule has 1 aliphatic heterocycles. The highest BCUT2D eigenvalue weighted by Gasteiger charge is 2.32. The van der Waals surface area contributed by atoms with Gasteiger partial charge in [0.25, 0.3) is 0 Å². The molecule has 1 aliphatic carbocycles. The highest BCUT2D eigenvalue weighted by molar-refractivity contribution is 5.54. The van der Waals surface area contributed by atoms with E-state index in [2.05, 4.69) is 17.4 Å². The van der Waals surface area contributed by atoms with Crippen molar-refractivity contribution >= 4 is 0 Å². The van der Waals surface area contributed by atoms with E-state index < -0.39 is 0 Å². The van der Waals surface area contributed by atoms with Crippen LogP contribution in [-0.2, 0) is 6.54 Å². The van der Waals surface area contributed by atoms with Crippen LogP contribution in [0.15, 0.2) is 36.4 Å². The monoisotopic (exact) mass is 355 g/mol. The molecule has 138 valence electrons. The lowest BCUT2D eigenvalue weighted by atomic mass is 10.0. The number of nitrogens with one attached hydrogen (secondary N) is 1. The van der Waals surface area contributed by atoms with Crippen molar-refractivity contribution in [2.24, 2.45) is 5.92 Å². The van der Waals surface area contributed by atoms with Gasteiger partial charge >= 0.3 is 0 Å². The standard InChI is InChI=1S/C21H25NO4/c1-23-17-7-5-16(6-8-17)20(15-3-4-15)22-13-14-11-18(24-2)21-19(12-14)25-9-10-26-21/h5-8,11-12,15,20,22H,3-4,9-10,13H2,1-2H3. The molecule has 26 heavy (non-hydrogen) atoms. The van der Waals surface area contributed by atoms with Gasteiger partial charge in [-0.3, -0.25) is 0 Å². The molecule has 0 saturated heterocycles. The Bertz CT molecular complexity index is 738. The summed E-state index contributed by atoms with van der Waals surface area (Å²) in [5.74, 6) is 3.78. The Labute approximate surface area is 154 Å². The van der Waals surface area contributed by atoms with Crippen LogP contribution < -0.4 is 24.3 Å². The lowest BCUT2D eigenvalue weighted by molar-refractivity contribution is 0.165. The lowest BCUT2D eigenvalue weighted by Gasteiger charge is -2.23. The molecule has 0 aromatic heterocycles. The molecule has 2 aromatic rings. The topological polar surface area (TPSA) is 49.0 Å². The number of fused-ring (bicyclic) bond motifs is 1. The van der Waals surface area contributed by atoms with E-state index in [-0.39, 0.29) is 0 Å². The summed E-state index contributed by atoms with van der Waals surface area (Å²) in [5, 5.41) is 3.72. The Balaban J connectivity index is 1.51. The fourth-order valence-electron chi connectivity index (χ4n) is 3.45. The van der Waals surface area contributed by atoms with Crippen molar-refractivity contribution in [3.63, 3.8) is 0 Å². The van der Waals surface area contributed by atoms with Crippen molar-refractivity contribution < 1.29 is 18.9 Å². The van der Waals surface area contributed by atoms with E-state index in [4.69, 9.17) is 18.9 Å². The van der Waals surface area contributed by atoms with E-state index in [1.165, 1.54) is 18.4 Å². The summed E-state index contributed by atoms with van der Waals surface area (Å²) in [7, 11) is 3.36. The SMILES string of the molecule is COc1ccc(C(NCc2cc(OC)c3c(c2)OCCO3)C2CC2)cc1. The Morgan fingerprint density at radius 2 is 1.81 bits per heavy atom. The van der Waals surface area contributed by atoms with Crippen LogP contribution in [0.5, 0.6) is 23.0 Å². The van der Waals surface area contributed by atoms with Gasteiger partial charge in [0.15, 0.2) is 11.5 Å². The molecule has 0 radical (unpaired) electrons. The second-order valence-corrected chi connectivity index (χ2v) is 6.79. The van der Waals surface area contributed by atoms with Crippen molar-refractivity contribution in [2.45, 2.75) is 25.4 Å². The molecular weight excluding hydrogens is 330 g/mol. The van der Waals surface area contributed by atoms with Gasteiger partial charge in [0.2, 0.25) is 5.75 Å². The Kier molecular flexibility index (Phi) is 4.89. The van der Waals surface area contributed by atoms with E-state index in [1.807, 2.05) is 24.3 Å². The molecule has 1 unspecified atom stereocenters. The van der Waals surface area contributed by atoms with Crippen LogP contribution in [0.3, 0.4) is 0 Å². The van der Waals surface area contributed by atoms with Gasteiger partial charge in [-0.1, -0.05) is 12.1 Å². The number of benzene rings is 2. The van der Waals surface area contributed by atoms with Gasteiger partial charge in [-0.2, -0.15) is 0 Å². The van der Waals surface area contributed by atoms with Gasteiger partial charge in [-0.05, 0) is 54.2 Å². The molecule has 1 heterocycles. The Hall–Kier alpha value is -2.40. The first-order valence-corrected chi connectivity index (χ1v) is 9.12. The summed E-state index contributed by atoms with van der Waals surface area (Å²) in [6.07, 6.45) is 2.54. The van der Waals surface area contributed by atoms with Gasteiger partial charge in [0.1, 0.15) is 19.0 Å². The number of hydrogen-bond acceptors (Lipinski definition) is 5. The minimum absolute atomic E-state index is 0.347. The number of ether oxygens (including phenoxy) is 4. The number of rotatable bonds is 7. The highest BCUT2D eigenvalue weighted by Crippen LogP contribution is 2.43. The quantitative estimate of drug-likeness (QED) is 0.820. The molecule has 1 saturated carbocycles. The summed E-state index contributed by atoms with van der Waals surface area (Å²) in [4.78, 5) is 0. The third-order valence-electron chi connectivity index (χ3n) is 4.98. The van der Waals surface area contributed by atoms with Gasteiger partial charge in [0.05, 0.1) is 14.2 Å². The number of methoxy groups -OCH3 is 2. The maximum Gasteiger partial charge on any atom is 0.203 e. The summed E-state index contributed by atoms with van der Waals surface area (Å²) in [6, 6.07) is 12.8. The normalized spacial score (nSPS) is 16.8. The first-order chi connectivity index (χ1) is 12.8. The van der Waals surface area contributed by atoms with E-state index in [1.54, 1.807) is 14.2 Å². The molecule has 1 fully saturated rings. The second kappa shape index (κ2) is 7.46. The molecule has 4 rings (SSSR count). The molecule has 2 aliphatic rings. The third kappa shape index (κ3) is 3.58. The van der Waals surface area contributed by atoms with Gasteiger partial charge in [-0.25, -0.2) is 0 Å². The van der Waals surface area contributed by atoms with Crippen LogP contribution in [0.2, 0.25) is 0 Å². The summed E-state index contributed by atoms with van der Waals surface area (Å²) < 4.78 is 22.2. The van der Waals surface area contributed by atoms with Crippen LogP contribution in [0.1, 0.15) is 30.0 Å². The van der Waals surface area contributed by atoms with Crippen molar-refractivity contribution in [1.82, 2.24) is 5.32 Å². The second-order valence-electron chi connectivity index (χ2n) is 6.79. The Morgan fingerprint density at radius 1 is 1.04 bits per heavy atom. The highest BCUT2D eigenvalue weighted by atomic mass is 16.6. The molecule has 0 amide bonds. The van der Waals surface area contributed by atoms with E-state index in [0.29, 0.717) is 30.9 Å². The van der Waals surface area contributed by atoms with Crippen molar-refractivity contribution in [3.05, 3.63) is 47.5 Å².